The molecule has 1 aromatic carbocycles. The fourth-order valence-corrected chi connectivity index (χ4v) is 1.78. The van der Waals surface area contributed by atoms with Crippen LogP contribution in [0.1, 0.15) is 13.8 Å². The van der Waals surface area contributed by atoms with E-state index >= 15 is 0 Å². The van der Waals surface area contributed by atoms with Crippen molar-refractivity contribution in [2.24, 2.45) is 0 Å². The normalized spacial score (nSPS) is 10.2. The predicted molar refractivity (Wildman–Crippen MR) is 67.8 cm³/mol. The van der Waals surface area contributed by atoms with Crippen molar-refractivity contribution in [2.45, 2.75) is 13.8 Å². The summed E-state index contributed by atoms with van der Waals surface area (Å²) in [5.74, 6) is -1.07. The Balaban J connectivity index is 2.63. The van der Waals surface area contributed by atoms with Gasteiger partial charge in [0.2, 0.25) is 5.52 Å². The average Bonchev–Trinajstić information content (AvgIpc) is 2.37. The van der Waals surface area contributed by atoms with Crippen LogP contribution in [0.3, 0.4) is 0 Å². The molecule has 0 saturated carbocycles. The van der Waals surface area contributed by atoms with Crippen molar-refractivity contribution in [1.29, 1.82) is 0 Å². The first kappa shape index (κ1) is 12.8. The summed E-state index contributed by atoms with van der Waals surface area (Å²) in [6.07, 6.45) is 1.26. The minimum absolute atomic E-state index is 0.352. The number of pyridine rings is 1. The van der Waals surface area contributed by atoms with Gasteiger partial charge in [0.05, 0.1) is 5.39 Å². The quantitative estimate of drug-likeness (QED) is 0.440. The summed E-state index contributed by atoms with van der Waals surface area (Å²) in [5, 5.41) is 13.1. The molecular weight excluding hydrogens is 248 g/mol. The van der Waals surface area contributed by atoms with E-state index < -0.39 is 11.9 Å². The second-order valence-electron chi connectivity index (χ2n) is 3.94. The molecule has 0 bridgehead atoms. The molecule has 0 saturated heterocycles. The second kappa shape index (κ2) is 4.93. The van der Waals surface area contributed by atoms with Crippen LogP contribution in [0.4, 0.5) is 5.69 Å². The molecule has 0 fully saturated rings. The molecule has 6 heteroatoms. The van der Waals surface area contributed by atoms with Crippen LogP contribution in [-0.2, 0) is 14.4 Å². The standard InChI is InChI=1S/C13H12N2O4/c1-9(16)15(19-10(2)17)13-7-8-14(18)12-6-4-3-5-11(12)13/h3-8H,1-2H3. The van der Waals surface area contributed by atoms with Crippen LogP contribution in [0.25, 0.3) is 10.9 Å². The zero-order valence-electron chi connectivity index (χ0n) is 10.5. The topological polar surface area (TPSA) is 73.5 Å². The molecule has 0 spiro atoms. The highest BCUT2D eigenvalue weighted by molar-refractivity contribution is 6.00. The first-order valence-corrected chi connectivity index (χ1v) is 5.61. The molecule has 0 radical (unpaired) electrons. The van der Waals surface area contributed by atoms with Gasteiger partial charge in [0.25, 0.3) is 5.91 Å². The molecular formula is C13H12N2O4. The van der Waals surface area contributed by atoms with Gasteiger partial charge in [-0.15, -0.1) is 5.06 Å². The average molecular weight is 260 g/mol. The number of amides is 1. The van der Waals surface area contributed by atoms with Gasteiger partial charge in [0.15, 0.2) is 6.20 Å². The van der Waals surface area contributed by atoms with Crippen LogP contribution >= 0.6 is 0 Å². The maximum atomic E-state index is 11.7. The number of para-hydroxylation sites is 1. The Bertz CT molecular complexity index is 654. The molecule has 1 amide bonds. The Morgan fingerprint density at radius 1 is 1.21 bits per heavy atom. The number of hydroxylamine groups is 1. The van der Waals surface area contributed by atoms with Crippen molar-refractivity contribution < 1.29 is 19.2 Å². The van der Waals surface area contributed by atoms with Gasteiger partial charge in [0, 0.05) is 26.0 Å². The van der Waals surface area contributed by atoms with Gasteiger partial charge in [-0.1, -0.05) is 12.1 Å². The molecule has 1 aromatic heterocycles. The number of hydrogen-bond acceptors (Lipinski definition) is 4. The van der Waals surface area contributed by atoms with Gasteiger partial charge >= 0.3 is 5.97 Å². The lowest BCUT2D eigenvalue weighted by molar-refractivity contribution is -0.576. The molecule has 98 valence electrons. The predicted octanol–water partition coefficient (Wildman–Crippen LogP) is 1.30. The summed E-state index contributed by atoms with van der Waals surface area (Å²) >= 11 is 0. The van der Waals surface area contributed by atoms with Crippen LogP contribution in [0.2, 0.25) is 0 Å². The van der Waals surface area contributed by atoms with E-state index in [4.69, 9.17) is 4.84 Å². The summed E-state index contributed by atoms with van der Waals surface area (Å²) in [6, 6.07) is 8.18. The molecule has 2 aromatic rings. The van der Waals surface area contributed by atoms with Crippen LogP contribution in [0.5, 0.6) is 0 Å². The number of benzene rings is 1. The van der Waals surface area contributed by atoms with Gasteiger partial charge < -0.3 is 10.0 Å². The van der Waals surface area contributed by atoms with Crippen LogP contribution in [-0.4, -0.2) is 11.9 Å². The molecule has 0 atom stereocenters. The molecule has 1 heterocycles. The zero-order chi connectivity index (χ0) is 14.0. The smallest absolute Gasteiger partial charge is 0.330 e. The molecule has 0 aliphatic heterocycles. The van der Waals surface area contributed by atoms with Crippen molar-refractivity contribution in [3.63, 3.8) is 0 Å². The van der Waals surface area contributed by atoms with Crippen molar-refractivity contribution >= 4 is 28.5 Å². The number of aromatic nitrogens is 1. The lowest BCUT2D eigenvalue weighted by Gasteiger charge is -2.19. The van der Waals surface area contributed by atoms with Gasteiger partial charge in [0.1, 0.15) is 5.69 Å². The monoisotopic (exact) mass is 260 g/mol. The SMILES string of the molecule is CC(=O)ON(C(C)=O)c1cc[n+]([O-])c2ccccc12. The Morgan fingerprint density at radius 2 is 1.89 bits per heavy atom. The fraction of sp³-hybridized carbons (Fsp3) is 0.154. The zero-order valence-corrected chi connectivity index (χ0v) is 10.5. The minimum Gasteiger partial charge on any atom is -0.618 e. The van der Waals surface area contributed by atoms with Gasteiger partial charge in [-0.3, -0.25) is 4.79 Å². The number of rotatable bonds is 1. The number of fused-ring (bicyclic) bond motifs is 1. The number of carbonyl (C=O) groups is 2. The van der Waals surface area contributed by atoms with Crippen molar-refractivity contribution in [3.8, 4) is 0 Å². The van der Waals surface area contributed by atoms with Crippen LogP contribution < -0.4 is 9.79 Å². The Hall–Kier alpha value is -2.63. The van der Waals surface area contributed by atoms with Gasteiger partial charge in [-0.2, -0.15) is 4.73 Å². The van der Waals surface area contributed by atoms with E-state index in [9.17, 15) is 14.8 Å². The summed E-state index contributed by atoms with van der Waals surface area (Å²) in [7, 11) is 0. The molecule has 0 aliphatic rings. The molecule has 2 rings (SSSR count). The summed E-state index contributed by atoms with van der Waals surface area (Å²) in [6.45, 7) is 2.48. The largest absolute Gasteiger partial charge is 0.618 e. The minimum atomic E-state index is -0.613. The Morgan fingerprint density at radius 3 is 2.53 bits per heavy atom. The number of nitrogens with zero attached hydrogens (tertiary/aromatic N) is 2. The van der Waals surface area contributed by atoms with E-state index in [2.05, 4.69) is 0 Å². The van der Waals surface area contributed by atoms with E-state index in [-0.39, 0.29) is 0 Å². The molecule has 0 N–H and O–H groups in total. The van der Waals surface area contributed by atoms with Gasteiger partial charge in [-0.25, -0.2) is 4.79 Å². The highest BCUT2D eigenvalue weighted by Crippen LogP contribution is 2.24. The third-order valence-corrected chi connectivity index (χ3v) is 2.51. The van der Waals surface area contributed by atoms with Crippen molar-refractivity contribution in [2.75, 3.05) is 5.06 Å². The Labute approximate surface area is 109 Å². The molecule has 19 heavy (non-hydrogen) atoms. The number of hydrogen-bond donors (Lipinski definition) is 0. The van der Waals surface area contributed by atoms with Crippen LogP contribution in [0, 0.1) is 5.21 Å². The second-order valence-corrected chi connectivity index (χ2v) is 3.94. The third kappa shape index (κ3) is 2.47. The third-order valence-electron chi connectivity index (χ3n) is 2.51. The first-order chi connectivity index (χ1) is 9.00. The molecule has 6 nitrogen and oxygen atoms in total. The summed E-state index contributed by atoms with van der Waals surface area (Å²) in [5.41, 5.74) is 0.740. The first-order valence-electron chi connectivity index (χ1n) is 5.61. The Kier molecular flexibility index (Phi) is 3.33. The summed E-state index contributed by atoms with van der Waals surface area (Å²) in [4.78, 5) is 27.5. The number of anilines is 1. The van der Waals surface area contributed by atoms with E-state index in [0.29, 0.717) is 21.3 Å². The highest BCUT2D eigenvalue weighted by Gasteiger charge is 2.20. The van der Waals surface area contributed by atoms with Crippen LogP contribution in [0.15, 0.2) is 36.5 Å². The highest BCUT2D eigenvalue weighted by atomic mass is 16.7. The van der Waals surface area contributed by atoms with E-state index in [1.54, 1.807) is 24.3 Å². The maximum Gasteiger partial charge on any atom is 0.330 e. The lowest BCUT2D eigenvalue weighted by Crippen LogP contribution is -2.33. The maximum absolute atomic E-state index is 11.7. The van der Waals surface area contributed by atoms with E-state index in [1.165, 1.54) is 26.1 Å². The van der Waals surface area contributed by atoms with E-state index in [1.807, 2.05) is 0 Å². The van der Waals surface area contributed by atoms with Gasteiger partial charge in [-0.05, 0) is 6.07 Å². The number of carbonyl (C=O) groups excluding carboxylic acids is 2. The summed E-state index contributed by atoms with van der Waals surface area (Å²) < 4.78 is 0.685. The fourth-order valence-electron chi connectivity index (χ4n) is 1.78. The van der Waals surface area contributed by atoms with Crippen molar-refractivity contribution in [3.05, 3.63) is 41.7 Å². The van der Waals surface area contributed by atoms with E-state index in [0.717, 1.165) is 5.06 Å². The lowest BCUT2D eigenvalue weighted by atomic mass is 10.2. The molecule has 0 unspecified atom stereocenters. The molecule has 0 aliphatic carbocycles. The van der Waals surface area contributed by atoms with Crippen molar-refractivity contribution in [1.82, 2.24) is 0 Å².